The molecule has 0 radical (unpaired) electrons. The van der Waals surface area contributed by atoms with Crippen LogP contribution in [0.1, 0.15) is 26.2 Å². The van der Waals surface area contributed by atoms with Crippen molar-refractivity contribution in [2.75, 3.05) is 5.32 Å². The molecule has 0 bridgehead atoms. The predicted molar refractivity (Wildman–Crippen MR) is 61.9 cm³/mol. The molecule has 1 aliphatic carbocycles. The van der Waals surface area contributed by atoms with Crippen molar-refractivity contribution in [3.63, 3.8) is 0 Å². The van der Waals surface area contributed by atoms with Gasteiger partial charge in [-0.1, -0.05) is 30.7 Å². The Kier molecular flexibility index (Phi) is 2.97. The lowest BCUT2D eigenvalue weighted by atomic mass is 10.1. The molecule has 1 fully saturated rings. The quantitative estimate of drug-likeness (QED) is 0.778. The molecule has 0 aliphatic heterocycles. The zero-order chi connectivity index (χ0) is 9.97. The van der Waals surface area contributed by atoms with E-state index in [9.17, 15) is 0 Å². The Balaban J connectivity index is 2.01. The molecule has 1 aliphatic rings. The van der Waals surface area contributed by atoms with E-state index in [4.69, 9.17) is 11.6 Å². The Labute approximate surface area is 90.5 Å². The smallest absolute Gasteiger partial charge is 0.0637 e. The number of para-hydroxylation sites is 1. The highest BCUT2D eigenvalue weighted by molar-refractivity contribution is 6.33. The van der Waals surface area contributed by atoms with Gasteiger partial charge in [-0.15, -0.1) is 0 Å². The fourth-order valence-electron chi connectivity index (χ4n) is 2.14. The van der Waals surface area contributed by atoms with Crippen LogP contribution in [0.5, 0.6) is 0 Å². The van der Waals surface area contributed by atoms with Gasteiger partial charge in [-0.3, -0.25) is 0 Å². The van der Waals surface area contributed by atoms with E-state index >= 15 is 0 Å². The molecule has 1 nitrogen and oxygen atoms in total. The van der Waals surface area contributed by atoms with Crippen molar-refractivity contribution in [3.8, 4) is 0 Å². The van der Waals surface area contributed by atoms with Crippen LogP contribution in [0.25, 0.3) is 0 Å². The summed E-state index contributed by atoms with van der Waals surface area (Å²) in [6.45, 7) is 2.31. The maximum Gasteiger partial charge on any atom is 0.0637 e. The van der Waals surface area contributed by atoms with Gasteiger partial charge in [0, 0.05) is 6.04 Å². The zero-order valence-corrected chi connectivity index (χ0v) is 9.22. The summed E-state index contributed by atoms with van der Waals surface area (Å²) < 4.78 is 0. The van der Waals surface area contributed by atoms with Crippen LogP contribution in [0.3, 0.4) is 0 Å². The summed E-state index contributed by atoms with van der Waals surface area (Å²) in [5, 5.41) is 4.33. The maximum atomic E-state index is 6.08. The second-order valence-corrected chi connectivity index (χ2v) is 4.65. The standard InChI is InChI=1S/C12H16ClN/c1-9-6-7-10(8-9)14-12-5-3-2-4-11(12)13/h2-5,9-10,14H,6-8H2,1H3. The fraction of sp³-hybridized carbons (Fsp3) is 0.500. The lowest BCUT2D eigenvalue weighted by Gasteiger charge is -2.14. The molecule has 14 heavy (non-hydrogen) atoms. The fourth-order valence-corrected chi connectivity index (χ4v) is 2.33. The summed E-state index contributed by atoms with van der Waals surface area (Å²) in [6.07, 6.45) is 3.87. The Morgan fingerprint density at radius 2 is 2.07 bits per heavy atom. The van der Waals surface area contributed by atoms with E-state index in [0.717, 1.165) is 16.6 Å². The van der Waals surface area contributed by atoms with E-state index in [1.165, 1.54) is 19.3 Å². The van der Waals surface area contributed by atoms with Crippen molar-refractivity contribution in [2.45, 2.75) is 32.2 Å². The third-order valence-corrected chi connectivity index (χ3v) is 3.26. The number of hydrogen-bond acceptors (Lipinski definition) is 1. The number of anilines is 1. The van der Waals surface area contributed by atoms with Crippen LogP contribution in [0.4, 0.5) is 5.69 Å². The molecule has 2 unspecified atom stereocenters. The molecule has 76 valence electrons. The summed E-state index contributed by atoms with van der Waals surface area (Å²) in [5.74, 6) is 0.856. The highest BCUT2D eigenvalue weighted by Gasteiger charge is 2.21. The van der Waals surface area contributed by atoms with Gasteiger partial charge in [-0.2, -0.15) is 0 Å². The Morgan fingerprint density at radius 1 is 1.29 bits per heavy atom. The van der Waals surface area contributed by atoms with E-state index in [1.54, 1.807) is 0 Å². The van der Waals surface area contributed by atoms with E-state index in [-0.39, 0.29) is 0 Å². The molecule has 2 rings (SSSR count). The topological polar surface area (TPSA) is 12.0 Å². The van der Waals surface area contributed by atoms with E-state index < -0.39 is 0 Å². The molecule has 0 spiro atoms. The first kappa shape index (κ1) is 9.85. The molecule has 0 amide bonds. The minimum Gasteiger partial charge on any atom is -0.381 e. The predicted octanol–water partition coefficient (Wildman–Crippen LogP) is 3.94. The van der Waals surface area contributed by atoms with Gasteiger partial charge < -0.3 is 5.32 Å². The molecular formula is C12H16ClN. The molecule has 1 N–H and O–H groups in total. The number of hydrogen-bond donors (Lipinski definition) is 1. The van der Waals surface area contributed by atoms with Crippen LogP contribution in [-0.2, 0) is 0 Å². The minimum atomic E-state index is 0.616. The molecule has 1 aromatic carbocycles. The number of halogens is 1. The summed E-state index contributed by atoms with van der Waals surface area (Å²) in [4.78, 5) is 0. The van der Waals surface area contributed by atoms with E-state index in [2.05, 4.69) is 12.2 Å². The Bertz CT molecular complexity index is 311. The summed E-state index contributed by atoms with van der Waals surface area (Å²) in [7, 11) is 0. The molecule has 2 heteroatoms. The van der Waals surface area contributed by atoms with Crippen LogP contribution < -0.4 is 5.32 Å². The van der Waals surface area contributed by atoms with Gasteiger partial charge in [-0.05, 0) is 37.3 Å². The van der Waals surface area contributed by atoms with Gasteiger partial charge >= 0.3 is 0 Å². The lowest BCUT2D eigenvalue weighted by molar-refractivity contribution is 0.602. The van der Waals surface area contributed by atoms with Crippen LogP contribution >= 0.6 is 11.6 Å². The van der Waals surface area contributed by atoms with Crippen LogP contribution in [-0.4, -0.2) is 6.04 Å². The van der Waals surface area contributed by atoms with Gasteiger partial charge in [0.05, 0.1) is 10.7 Å². The first-order valence-electron chi connectivity index (χ1n) is 5.27. The third kappa shape index (κ3) is 2.21. The Hall–Kier alpha value is -0.690. The van der Waals surface area contributed by atoms with Gasteiger partial charge in [0.1, 0.15) is 0 Å². The zero-order valence-electron chi connectivity index (χ0n) is 8.46. The van der Waals surface area contributed by atoms with E-state index in [0.29, 0.717) is 6.04 Å². The average molecular weight is 210 g/mol. The third-order valence-electron chi connectivity index (χ3n) is 2.93. The van der Waals surface area contributed by atoms with Gasteiger partial charge in [0.15, 0.2) is 0 Å². The average Bonchev–Trinajstić information content (AvgIpc) is 2.56. The largest absolute Gasteiger partial charge is 0.381 e. The van der Waals surface area contributed by atoms with Gasteiger partial charge in [0.25, 0.3) is 0 Å². The number of rotatable bonds is 2. The monoisotopic (exact) mass is 209 g/mol. The van der Waals surface area contributed by atoms with Crippen molar-refractivity contribution in [2.24, 2.45) is 5.92 Å². The number of nitrogens with one attached hydrogen (secondary N) is 1. The summed E-state index contributed by atoms with van der Waals surface area (Å²) >= 11 is 6.08. The highest BCUT2D eigenvalue weighted by atomic mass is 35.5. The van der Waals surface area contributed by atoms with Crippen LogP contribution in [0.15, 0.2) is 24.3 Å². The molecule has 2 atom stereocenters. The first-order valence-corrected chi connectivity index (χ1v) is 5.64. The summed E-state index contributed by atoms with van der Waals surface area (Å²) in [5.41, 5.74) is 1.08. The van der Waals surface area contributed by atoms with Crippen LogP contribution in [0, 0.1) is 5.92 Å². The van der Waals surface area contributed by atoms with Crippen molar-refractivity contribution in [1.29, 1.82) is 0 Å². The number of benzene rings is 1. The second kappa shape index (κ2) is 4.22. The minimum absolute atomic E-state index is 0.616. The SMILES string of the molecule is CC1CCC(Nc2ccccc2Cl)C1. The molecule has 1 aromatic rings. The van der Waals surface area contributed by atoms with Crippen molar-refractivity contribution in [3.05, 3.63) is 29.3 Å². The van der Waals surface area contributed by atoms with Gasteiger partial charge in [0.2, 0.25) is 0 Å². The molecule has 1 saturated carbocycles. The molecule has 0 aromatic heterocycles. The second-order valence-electron chi connectivity index (χ2n) is 4.24. The van der Waals surface area contributed by atoms with Gasteiger partial charge in [-0.25, -0.2) is 0 Å². The van der Waals surface area contributed by atoms with Crippen molar-refractivity contribution < 1.29 is 0 Å². The van der Waals surface area contributed by atoms with Crippen molar-refractivity contribution >= 4 is 17.3 Å². The van der Waals surface area contributed by atoms with Crippen LogP contribution in [0.2, 0.25) is 5.02 Å². The highest BCUT2D eigenvalue weighted by Crippen LogP contribution is 2.29. The lowest BCUT2D eigenvalue weighted by Crippen LogP contribution is -2.15. The molecular weight excluding hydrogens is 194 g/mol. The summed E-state index contributed by atoms with van der Waals surface area (Å²) in [6, 6.07) is 8.58. The molecule has 0 heterocycles. The molecule has 0 saturated heterocycles. The first-order chi connectivity index (χ1) is 6.75. The normalized spacial score (nSPS) is 26.4. The van der Waals surface area contributed by atoms with Crippen molar-refractivity contribution in [1.82, 2.24) is 0 Å². The van der Waals surface area contributed by atoms with E-state index in [1.807, 2.05) is 24.3 Å². The Morgan fingerprint density at radius 3 is 2.71 bits per heavy atom. The maximum absolute atomic E-state index is 6.08.